The Labute approximate surface area is 109 Å². The number of hydrogen-bond donors (Lipinski definition) is 2. The lowest BCUT2D eigenvalue weighted by molar-refractivity contribution is -0.136. The van der Waals surface area contributed by atoms with Crippen molar-refractivity contribution in [3.8, 4) is 5.75 Å². The molecule has 6 nitrogen and oxygen atoms in total. The summed E-state index contributed by atoms with van der Waals surface area (Å²) < 4.78 is 10.0. The highest BCUT2D eigenvalue weighted by Gasteiger charge is 2.37. The van der Waals surface area contributed by atoms with E-state index in [-0.39, 0.29) is 12.6 Å². The summed E-state index contributed by atoms with van der Waals surface area (Å²) in [4.78, 5) is 23.3. The van der Waals surface area contributed by atoms with E-state index in [1.165, 1.54) is 0 Å². The number of benzene rings is 1. The van der Waals surface area contributed by atoms with Crippen molar-refractivity contribution in [1.29, 1.82) is 0 Å². The highest BCUT2D eigenvalue weighted by atomic mass is 16.5. The summed E-state index contributed by atoms with van der Waals surface area (Å²) in [5.74, 6) is 0.315. The molecule has 1 aromatic carbocycles. The second-order valence-corrected chi connectivity index (χ2v) is 4.27. The van der Waals surface area contributed by atoms with Crippen molar-refractivity contribution < 1.29 is 19.1 Å². The van der Waals surface area contributed by atoms with E-state index in [0.717, 1.165) is 5.56 Å². The molecule has 2 aliphatic rings. The number of amides is 2. The topological polar surface area (TPSA) is 76.7 Å². The lowest BCUT2D eigenvalue weighted by atomic mass is 9.96. The molecule has 1 aromatic rings. The van der Waals surface area contributed by atoms with Crippen LogP contribution in [0, 0.1) is 0 Å². The molecule has 6 heteroatoms. The van der Waals surface area contributed by atoms with Crippen LogP contribution in [-0.4, -0.2) is 25.7 Å². The van der Waals surface area contributed by atoms with Gasteiger partial charge < -0.3 is 20.1 Å². The summed E-state index contributed by atoms with van der Waals surface area (Å²) >= 11 is 0. The van der Waals surface area contributed by atoms with Gasteiger partial charge in [0.2, 0.25) is 0 Å². The molecule has 1 atom stereocenters. The fourth-order valence-corrected chi connectivity index (χ4v) is 2.23. The van der Waals surface area contributed by atoms with Gasteiger partial charge in [-0.3, -0.25) is 0 Å². The standard InChI is InChI=1S/C13H12N2O4/c1-18-8-4-2-7(3-5-8)11-10-9(6-19-12(10)16)14-13(17)15-11/h2-5,11H,6H2,1H3,(H2,14,15,17)/t11-/m1/s1. The summed E-state index contributed by atoms with van der Waals surface area (Å²) in [5.41, 5.74) is 1.81. The number of ether oxygens (including phenoxy) is 2. The Morgan fingerprint density at radius 1 is 1.26 bits per heavy atom. The third kappa shape index (κ3) is 1.91. The van der Waals surface area contributed by atoms with E-state index in [4.69, 9.17) is 9.47 Å². The number of nitrogens with one attached hydrogen (secondary N) is 2. The van der Waals surface area contributed by atoms with Gasteiger partial charge in [-0.1, -0.05) is 12.1 Å². The van der Waals surface area contributed by atoms with E-state index in [1.807, 2.05) is 12.1 Å². The molecule has 0 bridgehead atoms. The van der Waals surface area contributed by atoms with E-state index < -0.39 is 12.0 Å². The fraction of sp³-hybridized carbons (Fsp3) is 0.231. The van der Waals surface area contributed by atoms with Crippen molar-refractivity contribution in [3.05, 3.63) is 41.1 Å². The van der Waals surface area contributed by atoms with Crippen LogP contribution in [-0.2, 0) is 9.53 Å². The number of carbonyl (C=O) groups excluding carboxylic acids is 2. The molecule has 0 aliphatic carbocycles. The summed E-state index contributed by atoms with van der Waals surface area (Å²) in [6.07, 6.45) is 0. The van der Waals surface area contributed by atoms with Crippen molar-refractivity contribution >= 4 is 12.0 Å². The van der Waals surface area contributed by atoms with Crippen molar-refractivity contribution in [2.45, 2.75) is 6.04 Å². The molecular weight excluding hydrogens is 248 g/mol. The van der Waals surface area contributed by atoms with Gasteiger partial charge in [0, 0.05) is 0 Å². The molecule has 0 unspecified atom stereocenters. The third-order valence-electron chi connectivity index (χ3n) is 3.17. The first-order valence-corrected chi connectivity index (χ1v) is 5.80. The minimum atomic E-state index is -0.482. The van der Waals surface area contributed by atoms with Gasteiger partial charge in [-0.2, -0.15) is 0 Å². The predicted molar refractivity (Wildman–Crippen MR) is 65.4 cm³/mol. The Morgan fingerprint density at radius 3 is 2.68 bits per heavy atom. The predicted octanol–water partition coefficient (Wildman–Crippen LogP) is 0.860. The summed E-state index contributed by atoms with van der Waals surface area (Å²) in [6, 6.07) is 6.37. The molecule has 3 rings (SSSR count). The molecule has 2 amide bonds. The van der Waals surface area contributed by atoms with Crippen LogP contribution in [0.5, 0.6) is 5.75 Å². The van der Waals surface area contributed by atoms with E-state index in [1.54, 1.807) is 19.2 Å². The van der Waals surface area contributed by atoms with E-state index in [2.05, 4.69) is 10.6 Å². The molecule has 98 valence electrons. The van der Waals surface area contributed by atoms with Gasteiger partial charge >= 0.3 is 12.0 Å². The van der Waals surface area contributed by atoms with Gasteiger partial charge in [-0.05, 0) is 17.7 Å². The van der Waals surface area contributed by atoms with E-state index in [9.17, 15) is 9.59 Å². The average Bonchev–Trinajstić information content (AvgIpc) is 2.79. The van der Waals surface area contributed by atoms with Crippen molar-refractivity contribution in [1.82, 2.24) is 10.6 Å². The van der Waals surface area contributed by atoms with Gasteiger partial charge in [-0.15, -0.1) is 0 Å². The van der Waals surface area contributed by atoms with Crippen LogP contribution in [0.3, 0.4) is 0 Å². The van der Waals surface area contributed by atoms with Crippen molar-refractivity contribution in [3.63, 3.8) is 0 Å². The average molecular weight is 260 g/mol. The minimum Gasteiger partial charge on any atom is -0.497 e. The lowest BCUT2D eigenvalue weighted by Crippen LogP contribution is -2.44. The number of cyclic esters (lactones) is 1. The van der Waals surface area contributed by atoms with Gasteiger partial charge in [0.05, 0.1) is 24.4 Å². The van der Waals surface area contributed by atoms with Gasteiger partial charge in [0.1, 0.15) is 12.4 Å². The highest BCUT2D eigenvalue weighted by molar-refractivity contribution is 5.97. The molecule has 0 spiro atoms. The zero-order valence-electron chi connectivity index (χ0n) is 10.2. The van der Waals surface area contributed by atoms with Crippen molar-refractivity contribution in [2.24, 2.45) is 0 Å². The van der Waals surface area contributed by atoms with Crippen LogP contribution in [0.1, 0.15) is 11.6 Å². The Morgan fingerprint density at radius 2 is 2.00 bits per heavy atom. The SMILES string of the molecule is COc1ccc([C@H]2NC(=O)NC3=C2C(=O)OC3)cc1. The second kappa shape index (κ2) is 4.31. The largest absolute Gasteiger partial charge is 0.497 e. The Bertz CT molecular complexity index is 577. The monoisotopic (exact) mass is 260 g/mol. The Kier molecular flexibility index (Phi) is 2.63. The minimum absolute atomic E-state index is 0.119. The zero-order valence-corrected chi connectivity index (χ0v) is 10.2. The maximum atomic E-state index is 11.7. The van der Waals surface area contributed by atoms with E-state index in [0.29, 0.717) is 17.0 Å². The molecule has 0 saturated carbocycles. The molecule has 2 aliphatic heterocycles. The van der Waals surface area contributed by atoms with Crippen LogP contribution in [0.25, 0.3) is 0 Å². The zero-order chi connectivity index (χ0) is 13.4. The quantitative estimate of drug-likeness (QED) is 0.773. The van der Waals surface area contributed by atoms with E-state index >= 15 is 0 Å². The van der Waals surface area contributed by atoms with Crippen LogP contribution in [0.15, 0.2) is 35.5 Å². The summed E-state index contributed by atoms with van der Waals surface area (Å²) in [7, 11) is 1.58. The molecule has 0 radical (unpaired) electrons. The maximum absolute atomic E-state index is 11.7. The molecular formula is C13H12N2O4. The molecule has 0 aromatic heterocycles. The second-order valence-electron chi connectivity index (χ2n) is 4.27. The van der Waals surface area contributed by atoms with Crippen molar-refractivity contribution in [2.75, 3.05) is 13.7 Å². The maximum Gasteiger partial charge on any atom is 0.338 e. The normalized spacial score (nSPS) is 21.4. The van der Waals surface area contributed by atoms with Crippen LogP contribution >= 0.6 is 0 Å². The number of urea groups is 1. The molecule has 2 N–H and O–H groups in total. The summed E-state index contributed by atoms with van der Waals surface area (Å²) in [5, 5.41) is 5.31. The molecule has 19 heavy (non-hydrogen) atoms. The third-order valence-corrected chi connectivity index (χ3v) is 3.17. The van der Waals surface area contributed by atoms with Crippen LogP contribution in [0.2, 0.25) is 0 Å². The first-order chi connectivity index (χ1) is 9.19. The highest BCUT2D eigenvalue weighted by Crippen LogP contribution is 2.31. The molecule has 0 fully saturated rings. The van der Waals surface area contributed by atoms with Gasteiger partial charge in [0.25, 0.3) is 0 Å². The first-order valence-electron chi connectivity index (χ1n) is 5.80. The summed E-state index contributed by atoms with van der Waals surface area (Å²) in [6.45, 7) is 0.119. The number of rotatable bonds is 2. The van der Waals surface area contributed by atoms with Gasteiger partial charge in [0.15, 0.2) is 0 Å². The van der Waals surface area contributed by atoms with Crippen LogP contribution < -0.4 is 15.4 Å². The number of methoxy groups -OCH3 is 1. The Balaban J connectivity index is 1.99. The Hall–Kier alpha value is -2.50. The number of esters is 1. The number of carbonyl (C=O) groups is 2. The fourth-order valence-electron chi connectivity index (χ4n) is 2.23. The number of hydrogen-bond acceptors (Lipinski definition) is 4. The first kappa shape index (κ1) is 11.6. The van der Waals surface area contributed by atoms with Gasteiger partial charge in [-0.25, -0.2) is 9.59 Å². The molecule has 0 saturated heterocycles. The van der Waals surface area contributed by atoms with Crippen LogP contribution in [0.4, 0.5) is 4.79 Å². The lowest BCUT2D eigenvalue weighted by Gasteiger charge is -2.24. The molecule has 2 heterocycles. The smallest absolute Gasteiger partial charge is 0.338 e.